The minimum Gasteiger partial charge on any atom is -0.368 e. The summed E-state index contributed by atoms with van der Waals surface area (Å²) in [4.78, 5) is 17.0. The molecule has 24 heavy (non-hydrogen) atoms. The van der Waals surface area contributed by atoms with E-state index in [2.05, 4.69) is 49.1 Å². The molecular weight excluding hydrogens is 298 g/mol. The lowest BCUT2D eigenvalue weighted by atomic mass is 10.0. The second-order valence-electron chi connectivity index (χ2n) is 6.29. The predicted octanol–water partition coefficient (Wildman–Crippen LogP) is 3.22. The molecule has 2 aromatic carbocycles. The van der Waals surface area contributed by atoms with Gasteiger partial charge in [0.05, 0.1) is 17.2 Å². The smallest absolute Gasteiger partial charge is 0.255 e. The van der Waals surface area contributed by atoms with Gasteiger partial charge in [-0.2, -0.15) is 5.26 Å². The minimum absolute atomic E-state index is 0.0526. The summed E-state index contributed by atoms with van der Waals surface area (Å²) < 4.78 is 0. The summed E-state index contributed by atoms with van der Waals surface area (Å²) in [7, 11) is 0. The third-order valence-electron chi connectivity index (χ3n) is 4.57. The van der Waals surface area contributed by atoms with Crippen molar-refractivity contribution in [2.45, 2.75) is 19.9 Å². The number of hydrogen-bond donors (Lipinski definition) is 0. The van der Waals surface area contributed by atoms with Crippen LogP contribution in [0.1, 0.15) is 28.4 Å². The maximum Gasteiger partial charge on any atom is 0.255 e. The number of carbonyl (C=O) groups excluding carboxylic acids is 1. The Hall–Kier alpha value is -2.80. The van der Waals surface area contributed by atoms with Gasteiger partial charge in [0.25, 0.3) is 5.91 Å². The molecule has 0 N–H and O–H groups in total. The zero-order valence-electron chi connectivity index (χ0n) is 14.1. The third-order valence-corrected chi connectivity index (χ3v) is 4.57. The molecular formula is C20H21N3O. The zero-order valence-corrected chi connectivity index (χ0v) is 14.1. The van der Waals surface area contributed by atoms with Crippen molar-refractivity contribution in [3.8, 4) is 6.07 Å². The van der Waals surface area contributed by atoms with Gasteiger partial charge in [-0.3, -0.25) is 4.79 Å². The van der Waals surface area contributed by atoms with E-state index in [1.54, 1.807) is 24.3 Å². The fourth-order valence-electron chi connectivity index (χ4n) is 3.17. The molecule has 0 saturated carbocycles. The van der Waals surface area contributed by atoms with Crippen LogP contribution < -0.4 is 4.90 Å². The summed E-state index contributed by atoms with van der Waals surface area (Å²) in [5.74, 6) is -0.0526. The Kier molecular flexibility index (Phi) is 4.52. The molecule has 0 aliphatic carbocycles. The maximum atomic E-state index is 12.8. The summed E-state index contributed by atoms with van der Waals surface area (Å²) in [5, 5.41) is 9.22. The van der Waals surface area contributed by atoms with E-state index >= 15 is 0 Å². The van der Waals surface area contributed by atoms with Gasteiger partial charge in [-0.25, -0.2) is 0 Å². The van der Waals surface area contributed by atoms with Crippen LogP contribution in [-0.4, -0.2) is 36.5 Å². The highest BCUT2D eigenvalue weighted by Crippen LogP contribution is 2.22. The summed E-state index contributed by atoms with van der Waals surface area (Å²) in [6.45, 7) is 6.40. The molecule has 2 aromatic rings. The summed E-state index contributed by atoms with van der Waals surface area (Å²) in [5.41, 5.74) is 3.37. The van der Waals surface area contributed by atoms with E-state index in [9.17, 15) is 10.1 Å². The highest BCUT2D eigenvalue weighted by molar-refractivity contribution is 5.97. The van der Waals surface area contributed by atoms with Crippen molar-refractivity contribution < 1.29 is 4.79 Å². The van der Waals surface area contributed by atoms with Crippen LogP contribution in [-0.2, 0) is 0 Å². The molecule has 0 bridgehead atoms. The van der Waals surface area contributed by atoms with Gasteiger partial charge in [0.15, 0.2) is 0 Å². The summed E-state index contributed by atoms with van der Waals surface area (Å²) >= 11 is 0. The van der Waals surface area contributed by atoms with Crippen molar-refractivity contribution in [3.63, 3.8) is 0 Å². The van der Waals surface area contributed by atoms with Gasteiger partial charge >= 0.3 is 0 Å². The second-order valence-corrected chi connectivity index (χ2v) is 6.29. The molecule has 0 unspecified atom stereocenters. The summed E-state index contributed by atoms with van der Waals surface area (Å²) in [6, 6.07) is 17.7. The molecule has 0 radical (unpaired) electrons. The molecule has 0 spiro atoms. The van der Waals surface area contributed by atoms with Gasteiger partial charge in [0.1, 0.15) is 0 Å². The number of hydrogen-bond acceptors (Lipinski definition) is 3. The van der Waals surface area contributed by atoms with Crippen LogP contribution in [0, 0.1) is 18.3 Å². The number of carbonyl (C=O) groups is 1. The average molecular weight is 319 g/mol. The number of piperazine rings is 1. The predicted molar refractivity (Wildman–Crippen MR) is 95.0 cm³/mol. The van der Waals surface area contributed by atoms with Crippen molar-refractivity contribution in [2.24, 2.45) is 0 Å². The first kappa shape index (κ1) is 16.1. The Balaban J connectivity index is 1.75. The van der Waals surface area contributed by atoms with Crippen molar-refractivity contribution >= 4 is 11.6 Å². The van der Waals surface area contributed by atoms with Crippen LogP contribution in [0.15, 0.2) is 48.5 Å². The standard InChI is InChI=1S/C20H21N3O/c1-15-7-9-18(10-8-15)22-11-12-23(16(2)14-22)20(24)19-6-4-3-5-17(19)13-21/h3-10,16H,11-12,14H2,1-2H3/t16-/m1/s1. The maximum absolute atomic E-state index is 12.8. The number of benzene rings is 2. The lowest BCUT2D eigenvalue weighted by Gasteiger charge is -2.41. The normalized spacial score (nSPS) is 17.5. The Bertz CT molecular complexity index is 776. The van der Waals surface area contributed by atoms with Gasteiger partial charge in [-0.05, 0) is 38.1 Å². The number of rotatable bonds is 2. The zero-order chi connectivity index (χ0) is 17.1. The Labute approximate surface area is 142 Å². The van der Waals surface area contributed by atoms with Gasteiger partial charge < -0.3 is 9.80 Å². The molecule has 1 aliphatic rings. The molecule has 3 rings (SSSR count). The largest absolute Gasteiger partial charge is 0.368 e. The van der Waals surface area contributed by atoms with Crippen LogP contribution in [0.3, 0.4) is 0 Å². The van der Waals surface area contributed by atoms with Gasteiger partial charge in [0.2, 0.25) is 0 Å². The number of nitrogens with zero attached hydrogens (tertiary/aromatic N) is 3. The molecule has 0 aromatic heterocycles. The molecule has 1 atom stereocenters. The first-order valence-electron chi connectivity index (χ1n) is 8.22. The van der Waals surface area contributed by atoms with Crippen LogP contribution in [0.4, 0.5) is 5.69 Å². The second kappa shape index (κ2) is 6.76. The number of anilines is 1. The van der Waals surface area contributed by atoms with Crippen LogP contribution in [0.25, 0.3) is 0 Å². The quantitative estimate of drug-likeness (QED) is 0.854. The topological polar surface area (TPSA) is 47.3 Å². The first-order chi connectivity index (χ1) is 11.6. The monoisotopic (exact) mass is 319 g/mol. The minimum atomic E-state index is -0.0526. The van der Waals surface area contributed by atoms with Crippen molar-refractivity contribution in [3.05, 3.63) is 65.2 Å². The molecule has 4 nitrogen and oxygen atoms in total. The third kappa shape index (κ3) is 3.11. The van der Waals surface area contributed by atoms with Crippen LogP contribution in [0.5, 0.6) is 0 Å². The molecule has 1 heterocycles. The van der Waals surface area contributed by atoms with Gasteiger partial charge in [-0.1, -0.05) is 29.8 Å². The SMILES string of the molecule is Cc1ccc(N2CCN(C(=O)c3ccccc3C#N)[C@H](C)C2)cc1. The lowest BCUT2D eigenvalue weighted by Crippen LogP contribution is -2.54. The molecule has 1 amide bonds. The fraction of sp³-hybridized carbons (Fsp3) is 0.300. The highest BCUT2D eigenvalue weighted by atomic mass is 16.2. The van der Waals surface area contributed by atoms with Crippen LogP contribution in [0.2, 0.25) is 0 Å². The Morgan fingerprint density at radius 2 is 1.83 bits per heavy atom. The molecule has 1 saturated heterocycles. The summed E-state index contributed by atoms with van der Waals surface area (Å²) in [6.07, 6.45) is 0. The van der Waals surface area contributed by atoms with E-state index in [4.69, 9.17) is 0 Å². The number of amides is 1. The lowest BCUT2D eigenvalue weighted by molar-refractivity contribution is 0.0674. The van der Waals surface area contributed by atoms with Crippen molar-refractivity contribution in [2.75, 3.05) is 24.5 Å². The molecule has 4 heteroatoms. The number of nitriles is 1. The highest BCUT2D eigenvalue weighted by Gasteiger charge is 2.29. The van der Waals surface area contributed by atoms with Crippen molar-refractivity contribution in [1.29, 1.82) is 5.26 Å². The Morgan fingerprint density at radius 3 is 2.50 bits per heavy atom. The Morgan fingerprint density at radius 1 is 1.12 bits per heavy atom. The van der Waals surface area contributed by atoms with E-state index in [0.717, 1.165) is 13.1 Å². The van der Waals surface area contributed by atoms with Crippen LogP contribution >= 0.6 is 0 Å². The van der Waals surface area contributed by atoms with E-state index < -0.39 is 0 Å². The molecule has 1 aliphatic heterocycles. The van der Waals surface area contributed by atoms with Gasteiger partial charge in [-0.15, -0.1) is 0 Å². The fourth-order valence-corrected chi connectivity index (χ4v) is 3.17. The van der Waals surface area contributed by atoms with Crippen molar-refractivity contribution in [1.82, 2.24) is 4.90 Å². The van der Waals surface area contributed by atoms with Gasteiger partial charge in [0, 0.05) is 31.4 Å². The van der Waals surface area contributed by atoms with E-state index in [1.165, 1.54) is 11.3 Å². The number of aryl methyl sites for hydroxylation is 1. The van der Waals surface area contributed by atoms with E-state index in [-0.39, 0.29) is 11.9 Å². The molecule has 1 fully saturated rings. The van der Waals surface area contributed by atoms with E-state index in [1.807, 2.05) is 4.90 Å². The van der Waals surface area contributed by atoms with E-state index in [0.29, 0.717) is 17.7 Å². The first-order valence-corrected chi connectivity index (χ1v) is 8.22. The molecule has 122 valence electrons. The average Bonchev–Trinajstić information content (AvgIpc) is 2.61.